The first-order valence-corrected chi connectivity index (χ1v) is 13.9. The number of rotatable bonds is 12. The SMILES string of the molecule is COC(=O)C[C@H](O)C[C@H](O)C=Cc1c(-c2ccc(F)cc2)c(-c2ccccc2)c(C(=O)NCc2ncccn2)n1C(C)C. The predicted molar refractivity (Wildman–Crippen MR) is 161 cm³/mol. The van der Waals surface area contributed by atoms with Gasteiger partial charge in [0, 0.05) is 41.7 Å². The average Bonchev–Trinajstić information content (AvgIpc) is 3.35. The summed E-state index contributed by atoms with van der Waals surface area (Å²) in [5.41, 5.74) is 3.71. The molecule has 0 unspecified atom stereocenters. The largest absolute Gasteiger partial charge is 0.469 e. The molecule has 0 saturated heterocycles. The van der Waals surface area contributed by atoms with Gasteiger partial charge in [0.05, 0.1) is 32.3 Å². The second kappa shape index (κ2) is 14.5. The number of aliphatic hydroxyl groups excluding tert-OH is 2. The van der Waals surface area contributed by atoms with Crippen LogP contribution in [0.1, 0.15) is 54.7 Å². The summed E-state index contributed by atoms with van der Waals surface area (Å²) in [6, 6.07) is 16.9. The van der Waals surface area contributed by atoms with E-state index in [9.17, 15) is 24.2 Å². The molecule has 4 aromatic rings. The highest BCUT2D eigenvalue weighted by atomic mass is 19.1. The molecule has 10 heteroatoms. The number of benzene rings is 2. The summed E-state index contributed by atoms with van der Waals surface area (Å²) in [5.74, 6) is -0.898. The standard InChI is InChI=1S/C33H35FN4O5/c1-21(2)38-27(15-14-25(39)18-26(40)19-29(41)43-3)30(23-10-12-24(34)13-11-23)31(22-8-5-4-6-9-22)32(38)33(42)37-20-28-35-16-7-17-36-28/h4-17,21,25-26,39-40H,18-20H2,1-3H3,(H,37,42)/t25-,26-/m1/s1. The van der Waals surface area contributed by atoms with E-state index in [-0.39, 0.29) is 31.3 Å². The number of carbonyl (C=O) groups excluding carboxylic acids is 2. The first-order chi connectivity index (χ1) is 20.7. The minimum absolute atomic E-state index is 0.101. The number of ether oxygens (including phenoxy) is 1. The topological polar surface area (TPSA) is 127 Å². The van der Waals surface area contributed by atoms with Crippen LogP contribution in [0, 0.1) is 5.82 Å². The Morgan fingerprint density at radius 2 is 1.63 bits per heavy atom. The third-order valence-corrected chi connectivity index (χ3v) is 6.82. The van der Waals surface area contributed by atoms with Crippen LogP contribution >= 0.6 is 0 Å². The molecule has 0 spiro atoms. The molecule has 0 saturated carbocycles. The monoisotopic (exact) mass is 586 g/mol. The van der Waals surface area contributed by atoms with Gasteiger partial charge in [0.15, 0.2) is 0 Å². The van der Waals surface area contributed by atoms with Crippen molar-refractivity contribution in [3.8, 4) is 22.3 Å². The first kappa shape index (κ1) is 31.3. The number of halogens is 1. The zero-order chi connectivity index (χ0) is 30.9. The summed E-state index contributed by atoms with van der Waals surface area (Å²) in [4.78, 5) is 34.0. The highest BCUT2D eigenvalue weighted by Crippen LogP contribution is 2.42. The fourth-order valence-corrected chi connectivity index (χ4v) is 4.91. The Kier molecular flexibility index (Phi) is 10.5. The molecule has 0 bridgehead atoms. The second-order valence-electron chi connectivity index (χ2n) is 10.3. The van der Waals surface area contributed by atoms with Crippen LogP contribution < -0.4 is 5.32 Å². The lowest BCUT2D eigenvalue weighted by molar-refractivity contribution is -0.143. The smallest absolute Gasteiger partial charge is 0.308 e. The maximum Gasteiger partial charge on any atom is 0.308 e. The number of methoxy groups -OCH3 is 1. The normalized spacial score (nSPS) is 12.8. The summed E-state index contributed by atoms with van der Waals surface area (Å²) < 4.78 is 20.5. The van der Waals surface area contributed by atoms with E-state index in [0.717, 1.165) is 5.56 Å². The third-order valence-electron chi connectivity index (χ3n) is 6.82. The van der Waals surface area contributed by atoms with E-state index in [1.807, 2.05) is 48.7 Å². The van der Waals surface area contributed by atoms with Crippen LogP contribution in [0.3, 0.4) is 0 Å². The Morgan fingerprint density at radius 1 is 0.977 bits per heavy atom. The van der Waals surface area contributed by atoms with Crippen LogP contribution in [0.25, 0.3) is 28.3 Å². The molecule has 4 rings (SSSR count). The van der Waals surface area contributed by atoms with Crippen LogP contribution in [-0.4, -0.2) is 55.9 Å². The lowest BCUT2D eigenvalue weighted by Crippen LogP contribution is -2.27. The minimum atomic E-state index is -1.11. The van der Waals surface area contributed by atoms with Gasteiger partial charge >= 0.3 is 5.97 Å². The number of aliphatic hydroxyl groups is 2. The Bertz CT molecular complexity index is 1550. The van der Waals surface area contributed by atoms with Crippen LogP contribution in [0.5, 0.6) is 0 Å². The molecular weight excluding hydrogens is 551 g/mol. The molecule has 2 heterocycles. The van der Waals surface area contributed by atoms with Gasteiger partial charge in [0.25, 0.3) is 5.91 Å². The molecule has 43 heavy (non-hydrogen) atoms. The van der Waals surface area contributed by atoms with Crippen molar-refractivity contribution in [1.82, 2.24) is 19.9 Å². The van der Waals surface area contributed by atoms with Crippen molar-refractivity contribution in [2.75, 3.05) is 7.11 Å². The van der Waals surface area contributed by atoms with Gasteiger partial charge in [-0.2, -0.15) is 0 Å². The van der Waals surface area contributed by atoms with Crippen molar-refractivity contribution < 1.29 is 28.9 Å². The van der Waals surface area contributed by atoms with E-state index in [4.69, 9.17) is 0 Å². The Balaban J connectivity index is 1.88. The van der Waals surface area contributed by atoms with E-state index in [2.05, 4.69) is 20.0 Å². The van der Waals surface area contributed by atoms with Crippen LogP contribution in [-0.2, 0) is 16.1 Å². The highest BCUT2D eigenvalue weighted by Gasteiger charge is 2.29. The van der Waals surface area contributed by atoms with Gasteiger partial charge in [-0.05, 0) is 49.2 Å². The lowest BCUT2D eigenvalue weighted by Gasteiger charge is -2.17. The summed E-state index contributed by atoms with van der Waals surface area (Å²) >= 11 is 0. The molecule has 224 valence electrons. The van der Waals surface area contributed by atoms with Gasteiger partial charge in [-0.15, -0.1) is 0 Å². The van der Waals surface area contributed by atoms with Crippen LogP contribution in [0.2, 0.25) is 0 Å². The number of carbonyl (C=O) groups is 2. The number of aromatic nitrogens is 3. The van der Waals surface area contributed by atoms with E-state index >= 15 is 0 Å². The van der Waals surface area contributed by atoms with Gasteiger partial charge in [0.2, 0.25) is 0 Å². The maximum absolute atomic E-state index is 14.0. The fraction of sp³-hybridized carbons (Fsp3) is 0.273. The van der Waals surface area contributed by atoms with E-state index in [1.165, 1.54) is 25.3 Å². The number of nitrogens with zero attached hydrogens (tertiary/aromatic N) is 3. The zero-order valence-electron chi connectivity index (χ0n) is 24.3. The number of amides is 1. The molecule has 1 amide bonds. The predicted octanol–water partition coefficient (Wildman–Crippen LogP) is 4.95. The first-order valence-electron chi connectivity index (χ1n) is 13.9. The van der Waals surface area contributed by atoms with Crippen LogP contribution in [0.15, 0.2) is 79.1 Å². The van der Waals surface area contributed by atoms with Crippen molar-refractivity contribution in [3.05, 3.63) is 102 Å². The summed E-state index contributed by atoms with van der Waals surface area (Å²) in [5, 5.41) is 23.9. The molecule has 9 nitrogen and oxygen atoms in total. The highest BCUT2D eigenvalue weighted by molar-refractivity contribution is 6.06. The van der Waals surface area contributed by atoms with Gasteiger partial charge in [-0.3, -0.25) is 9.59 Å². The molecule has 2 aromatic carbocycles. The van der Waals surface area contributed by atoms with Crippen molar-refractivity contribution in [2.45, 2.75) is 51.5 Å². The maximum atomic E-state index is 14.0. The van der Waals surface area contributed by atoms with E-state index in [0.29, 0.717) is 33.9 Å². The van der Waals surface area contributed by atoms with E-state index < -0.39 is 24.0 Å². The molecular formula is C33H35FN4O5. The summed E-state index contributed by atoms with van der Waals surface area (Å²) in [6.07, 6.45) is 3.83. The van der Waals surface area contributed by atoms with Crippen molar-refractivity contribution in [1.29, 1.82) is 0 Å². The van der Waals surface area contributed by atoms with Gasteiger partial charge < -0.3 is 24.8 Å². The average molecular weight is 587 g/mol. The Hall–Kier alpha value is -4.67. The van der Waals surface area contributed by atoms with Crippen molar-refractivity contribution in [2.24, 2.45) is 0 Å². The Labute approximate surface area is 249 Å². The quantitative estimate of drug-likeness (QED) is 0.201. The minimum Gasteiger partial charge on any atom is -0.469 e. The van der Waals surface area contributed by atoms with Crippen LogP contribution in [0.4, 0.5) is 4.39 Å². The van der Waals surface area contributed by atoms with E-state index in [1.54, 1.807) is 36.7 Å². The molecule has 0 aliphatic carbocycles. The second-order valence-corrected chi connectivity index (χ2v) is 10.3. The lowest BCUT2D eigenvalue weighted by atomic mass is 9.94. The number of esters is 1. The van der Waals surface area contributed by atoms with Crippen molar-refractivity contribution in [3.63, 3.8) is 0 Å². The fourth-order valence-electron chi connectivity index (χ4n) is 4.91. The third kappa shape index (κ3) is 7.79. The van der Waals surface area contributed by atoms with Gasteiger partial charge in [-0.25, -0.2) is 14.4 Å². The number of hydrogen-bond acceptors (Lipinski definition) is 7. The zero-order valence-corrected chi connectivity index (χ0v) is 24.3. The molecule has 0 radical (unpaired) electrons. The number of nitrogens with one attached hydrogen (secondary N) is 1. The molecule has 3 N–H and O–H groups in total. The molecule has 0 aliphatic heterocycles. The molecule has 2 aromatic heterocycles. The molecule has 2 atom stereocenters. The molecule has 0 aliphatic rings. The summed E-state index contributed by atoms with van der Waals surface area (Å²) in [7, 11) is 1.23. The summed E-state index contributed by atoms with van der Waals surface area (Å²) in [6.45, 7) is 3.98. The van der Waals surface area contributed by atoms with Crippen molar-refractivity contribution >= 4 is 18.0 Å². The van der Waals surface area contributed by atoms with Gasteiger partial charge in [-0.1, -0.05) is 48.5 Å². The Morgan fingerprint density at radius 3 is 2.26 bits per heavy atom. The number of hydrogen-bond donors (Lipinski definition) is 3. The van der Waals surface area contributed by atoms with Gasteiger partial charge in [0.1, 0.15) is 17.3 Å². The molecule has 0 fully saturated rings.